The number of nitrogens with zero attached hydrogens (tertiary/aromatic N) is 2. The monoisotopic (exact) mass is 334 g/mol. The van der Waals surface area contributed by atoms with Crippen LogP contribution in [0.1, 0.15) is 39.4 Å². The summed E-state index contributed by atoms with van der Waals surface area (Å²) in [4.78, 5) is 18.8. The van der Waals surface area contributed by atoms with Crippen molar-refractivity contribution in [2.45, 2.75) is 51.9 Å². The molecule has 0 heterocycles. The standard InChI is InChI=1S/C18H30N2O2Si/c1-14(20(5)6)19-17(21)16(15-12-10-9-11-13-15)22-23(7,8)18(2,3)4/h9-13,16H,1-8H3. The lowest BCUT2D eigenvalue weighted by Crippen LogP contribution is -2.43. The first-order valence-corrected chi connectivity index (χ1v) is 10.9. The van der Waals surface area contributed by atoms with Crippen molar-refractivity contribution in [3.05, 3.63) is 35.9 Å². The minimum absolute atomic E-state index is 0.0284. The summed E-state index contributed by atoms with van der Waals surface area (Å²) in [7, 11) is 1.65. The van der Waals surface area contributed by atoms with Crippen LogP contribution in [0.3, 0.4) is 0 Å². The maximum atomic E-state index is 12.7. The van der Waals surface area contributed by atoms with Gasteiger partial charge in [0.1, 0.15) is 5.84 Å². The predicted molar refractivity (Wildman–Crippen MR) is 99.3 cm³/mol. The van der Waals surface area contributed by atoms with Crippen molar-refractivity contribution in [3.8, 4) is 0 Å². The molecular formula is C18H30N2O2Si. The van der Waals surface area contributed by atoms with Crippen molar-refractivity contribution in [2.75, 3.05) is 14.1 Å². The van der Waals surface area contributed by atoms with Gasteiger partial charge in [0.15, 0.2) is 14.4 Å². The largest absolute Gasteiger partial charge is 0.401 e. The topological polar surface area (TPSA) is 41.9 Å². The van der Waals surface area contributed by atoms with Crippen molar-refractivity contribution >= 4 is 20.1 Å². The minimum Gasteiger partial charge on any atom is -0.401 e. The fourth-order valence-corrected chi connectivity index (χ4v) is 2.86. The van der Waals surface area contributed by atoms with Crippen LogP contribution in [0, 0.1) is 0 Å². The summed E-state index contributed by atoms with van der Waals surface area (Å²) in [5, 5.41) is 0.0284. The van der Waals surface area contributed by atoms with Gasteiger partial charge in [-0.2, -0.15) is 4.99 Å². The van der Waals surface area contributed by atoms with Crippen LogP contribution in [0.15, 0.2) is 35.3 Å². The molecular weight excluding hydrogens is 304 g/mol. The van der Waals surface area contributed by atoms with Crippen LogP contribution in [-0.4, -0.2) is 39.1 Å². The fourth-order valence-electron chi connectivity index (χ4n) is 1.68. The molecule has 23 heavy (non-hydrogen) atoms. The van der Waals surface area contributed by atoms with E-state index in [1.165, 1.54) is 0 Å². The van der Waals surface area contributed by atoms with E-state index in [0.29, 0.717) is 5.84 Å². The number of carbonyl (C=O) groups is 1. The highest BCUT2D eigenvalue weighted by Gasteiger charge is 2.41. The molecule has 0 N–H and O–H groups in total. The normalized spacial score (nSPS) is 14.5. The van der Waals surface area contributed by atoms with Gasteiger partial charge in [0.25, 0.3) is 5.91 Å². The third-order valence-electron chi connectivity index (χ3n) is 4.46. The summed E-state index contributed by atoms with van der Waals surface area (Å²) < 4.78 is 6.39. The average molecular weight is 335 g/mol. The van der Waals surface area contributed by atoms with Gasteiger partial charge in [-0.05, 0) is 30.6 Å². The molecule has 1 aromatic rings. The molecule has 0 aliphatic heterocycles. The van der Waals surface area contributed by atoms with Crippen LogP contribution in [0.25, 0.3) is 0 Å². The molecule has 1 atom stereocenters. The van der Waals surface area contributed by atoms with Gasteiger partial charge in [0, 0.05) is 14.1 Å². The second-order valence-electron chi connectivity index (χ2n) is 7.56. The molecule has 0 aliphatic carbocycles. The molecule has 1 unspecified atom stereocenters. The molecule has 1 rings (SSSR count). The molecule has 0 aliphatic rings. The summed E-state index contributed by atoms with van der Waals surface area (Å²) in [6, 6.07) is 9.64. The van der Waals surface area contributed by atoms with E-state index in [1.807, 2.05) is 56.3 Å². The highest BCUT2D eigenvalue weighted by Crippen LogP contribution is 2.40. The number of carbonyl (C=O) groups excluding carboxylic acids is 1. The smallest absolute Gasteiger partial charge is 0.279 e. The first-order chi connectivity index (χ1) is 10.5. The molecule has 0 radical (unpaired) electrons. The van der Waals surface area contributed by atoms with Gasteiger partial charge in [-0.3, -0.25) is 4.79 Å². The average Bonchev–Trinajstić information content (AvgIpc) is 2.44. The lowest BCUT2D eigenvalue weighted by molar-refractivity contribution is -0.125. The maximum Gasteiger partial charge on any atom is 0.279 e. The molecule has 0 spiro atoms. The van der Waals surface area contributed by atoms with E-state index >= 15 is 0 Å². The Balaban J connectivity index is 3.19. The summed E-state index contributed by atoms with van der Waals surface area (Å²) in [5.74, 6) is 0.432. The Kier molecular flexibility index (Phi) is 6.30. The quantitative estimate of drug-likeness (QED) is 0.469. The summed E-state index contributed by atoms with van der Waals surface area (Å²) in [5.41, 5.74) is 0.859. The van der Waals surface area contributed by atoms with E-state index < -0.39 is 14.4 Å². The number of amides is 1. The highest BCUT2D eigenvalue weighted by atomic mass is 28.4. The molecule has 0 aromatic heterocycles. The zero-order valence-corrected chi connectivity index (χ0v) is 16.7. The van der Waals surface area contributed by atoms with Crippen molar-refractivity contribution in [1.29, 1.82) is 0 Å². The Morgan fingerprint density at radius 1 is 1.17 bits per heavy atom. The number of hydrogen-bond donors (Lipinski definition) is 0. The van der Waals surface area contributed by atoms with E-state index in [1.54, 1.807) is 0 Å². The SMILES string of the molecule is CC(=NC(=O)C(O[Si](C)(C)C(C)(C)C)c1ccccc1)N(C)C. The van der Waals surface area contributed by atoms with Gasteiger partial charge < -0.3 is 9.33 Å². The van der Waals surface area contributed by atoms with Crippen molar-refractivity contribution in [2.24, 2.45) is 4.99 Å². The molecule has 0 saturated heterocycles. The Hall–Kier alpha value is -1.46. The third kappa shape index (κ3) is 5.29. The number of rotatable bonds is 4. The first-order valence-electron chi connectivity index (χ1n) is 7.95. The minimum atomic E-state index is -2.10. The van der Waals surface area contributed by atoms with Crippen LogP contribution in [0.4, 0.5) is 0 Å². The molecule has 5 heteroatoms. The summed E-state index contributed by atoms with van der Waals surface area (Å²) in [6.45, 7) is 12.6. The van der Waals surface area contributed by atoms with E-state index in [-0.39, 0.29) is 10.9 Å². The summed E-state index contributed by atoms with van der Waals surface area (Å²) in [6.07, 6.45) is -0.646. The van der Waals surface area contributed by atoms with Gasteiger partial charge in [-0.15, -0.1) is 0 Å². The highest BCUT2D eigenvalue weighted by molar-refractivity contribution is 6.74. The van der Waals surface area contributed by atoms with Gasteiger partial charge in [0.05, 0.1) is 0 Å². The molecule has 1 aromatic carbocycles. The zero-order valence-electron chi connectivity index (χ0n) is 15.7. The second-order valence-corrected chi connectivity index (χ2v) is 12.3. The Bertz CT molecular complexity index is 560. The lowest BCUT2D eigenvalue weighted by atomic mass is 10.1. The number of aliphatic imine (C=N–C) groups is 1. The van der Waals surface area contributed by atoms with Gasteiger partial charge in [-0.1, -0.05) is 51.1 Å². The summed E-state index contributed by atoms with van der Waals surface area (Å²) >= 11 is 0. The van der Waals surface area contributed by atoms with Gasteiger partial charge in [0.2, 0.25) is 0 Å². The Morgan fingerprint density at radius 3 is 2.13 bits per heavy atom. The molecule has 4 nitrogen and oxygen atoms in total. The van der Waals surface area contributed by atoms with Gasteiger partial charge in [-0.25, -0.2) is 0 Å². The van der Waals surface area contributed by atoms with Crippen molar-refractivity contribution in [3.63, 3.8) is 0 Å². The molecule has 0 bridgehead atoms. The van der Waals surface area contributed by atoms with E-state index in [4.69, 9.17) is 4.43 Å². The maximum absolute atomic E-state index is 12.7. The lowest BCUT2D eigenvalue weighted by Gasteiger charge is -2.38. The molecule has 0 fully saturated rings. The predicted octanol–water partition coefficient (Wildman–Crippen LogP) is 4.26. The van der Waals surface area contributed by atoms with Crippen LogP contribution in [0.2, 0.25) is 18.1 Å². The fraction of sp³-hybridized carbons (Fsp3) is 0.556. The Morgan fingerprint density at radius 2 is 1.70 bits per heavy atom. The van der Waals surface area contributed by atoms with E-state index in [9.17, 15) is 4.79 Å². The number of amidine groups is 1. The molecule has 128 valence electrons. The van der Waals surface area contributed by atoms with Crippen molar-refractivity contribution < 1.29 is 9.22 Å². The van der Waals surface area contributed by atoms with Gasteiger partial charge >= 0.3 is 0 Å². The van der Waals surface area contributed by atoms with Crippen LogP contribution in [-0.2, 0) is 9.22 Å². The molecule has 0 saturated carbocycles. The number of hydrogen-bond acceptors (Lipinski definition) is 2. The van der Waals surface area contributed by atoms with E-state index in [0.717, 1.165) is 5.56 Å². The third-order valence-corrected chi connectivity index (χ3v) is 8.90. The number of benzene rings is 1. The van der Waals surface area contributed by atoms with Crippen molar-refractivity contribution in [1.82, 2.24) is 4.90 Å². The van der Waals surface area contributed by atoms with Crippen LogP contribution in [0.5, 0.6) is 0 Å². The van der Waals surface area contributed by atoms with Crippen LogP contribution < -0.4 is 0 Å². The first kappa shape index (κ1) is 19.6. The Labute approximate surface area is 141 Å². The second kappa shape index (κ2) is 7.40. The van der Waals surface area contributed by atoms with E-state index in [2.05, 4.69) is 38.9 Å². The molecule has 1 amide bonds. The zero-order chi connectivity index (χ0) is 17.8. The van der Waals surface area contributed by atoms with Crippen LogP contribution >= 0.6 is 0 Å².